The van der Waals surface area contributed by atoms with Gasteiger partial charge < -0.3 is 4.90 Å². The highest BCUT2D eigenvalue weighted by molar-refractivity contribution is 6.08. The quantitative estimate of drug-likeness (QED) is 0.187. The van der Waals surface area contributed by atoms with Crippen molar-refractivity contribution in [2.45, 2.75) is 45.4 Å². The van der Waals surface area contributed by atoms with Gasteiger partial charge in [0.1, 0.15) is 0 Å². The molecule has 6 aromatic rings. The summed E-state index contributed by atoms with van der Waals surface area (Å²) in [4.78, 5) is 2.51. The first-order chi connectivity index (χ1) is 21.8. The summed E-state index contributed by atoms with van der Waals surface area (Å²) in [5.41, 5.74) is 13.3. The highest BCUT2D eigenvalue weighted by Crippen LogP contribution is 2.51. The molecule has 2 aliphatic carbocycles. The summed E-state index contributed by atoms with van der Waals surface area (Å²) in [6, 6.07) is 45.1. The number of benzene rings is 6. The fourth-order valence-electron chi connectivity index (χ4n) is 8.13. The Morgan fingerprint density at radius 3 is 1.89 bits per heavy atom. The fourth-order valence-corrected chi connectivity index (χ4v) is 8.13. The molecule has 0 N–H and O–H groups in total. The second kappa shape index (κ2) is 10.1. The summed E-state index contributed by atoms with van der Waals surface area (Å²) in [5, 5.41) is 5.13. The Morgan fingerprint density at radius 1 is 0.533 bits per heavy atom. The minimum Gasteiger partial charge on any atom is -0.338 e. The SMILES string of the molecule is C/C=C1\C(=C/CN(c2ccc3c(c2)C(C)(C)c2ccccc2-3)c2ccc3ccc4ccccc4c3c2)C(C)(C)c2ccccc21. The molecule has 0 heterocycles. The summed E-state index contributed by atoms with van der Waals surface area (Å²) in [5.74, 6) is 0. The zero-order valence-electron chi connectivity index (χ0n) is 26.9. The summed E-state index contributed by atoms with van der Waals surface area (Å²) in [6.07, 6.45) is 4.77. The van der Waals surface area contributed by atoms with Crippen LogP contribution in [-0.4, -0.2) is 6.54 Å². The maximum atomic E-state index is 2.51. The predicted molar refractivity (Wildman–Crippen MR) is 194 cm³/mol. The minimum atomic E-state index is -0.0642. The summed E-state index contributed by atoms with van der Waals surface area (Å²) < 4.78 is 0. The number of fused-ring (bicyclic) bond motifs is 7. The van der Waals surface area contributed by atoms with E-state index >= 15 is 0 Å². The van der Waals surface area contributed by atoms with Crippen LogP contribution < -0.4 is 4.90 Å². The number of hydrogen-bond donors (Lipinski definition) is 0. The molecule has 0 aromatic heterocycles. The molecule has 0 saturated carbocycles. The molecule has 45 heavy (non-hydrogen) atoms. The Balaban J connectivity index is 1.30. The Kier molecular flexibility index (Phi) is 6.19. The third-order valence-electron chi connectivity index (χ3n) is 10.5. The van der Waals surface area contributed by atoms with E-state index in [1.165, 1.54) is 77.4 Å². The predicted octanol–water partition coefficient (Wildman–Crippen LogP) is 11.8. The zero-order valence-corrected chi connectivity index (χ0v) is 26.9. The molecule has 220 valence electrons. The molecule has 8 rings (SSSR count). The van der Waals surface area contributed by atoms with E-state index in [1.54, 1.807) is 0 Å². The second-order valence-corrected chi connectivity index (χ2v) is 13.7. The molecule has 0 fully saturated rings. The van der Waals surface area contributed by atoms with Crippen LogP contribution in [0.25, 0.3) is 38.2 Å². The number of allylic oxidation sites excluding steroid dienone is 3. The van der Waals surface area contributed by atoms with Crippen LogP contribution in [0.4, 0.5) is 11.4 Å². The van der Waals surface area contributed by atoms with Gasteiger partial charge in [0.05, 0.1) is 0 Å². The first kappa shape index (κ1) is 27.7. The molecule has 0 amide bonds. The average Bonchev–Trinajstić information content (AvgIpc) is 3.43. The maximum absolute atomic E-state index is 2.51. The van der Waals surface area contributed by atoms with Gasteiger partial charge in [-0.15, -0.1) is 0 Å². The molecule has 2 aliphatic rings. The fraction of sp³-hybridized carbons (Fsp3) is 0.182. The van der Waals surface area contributed by atoms with Crippen molar-refractivity contribution in [2.75, 3.05) is 11.4 Å². The van der Waals surface area contributed by atoms with Gasteiger partial charge in [-0.1, -0.05) is 137 Å². The maximum Gasteiger partial charge on any atom is 0.0420 e. The summed E-state index contributed by atoms with van der Waals surface area (Å²) in [6.45, 7) is 12.4. The van der Waals surface area contributed by atoms with Gasteiger partial charge in [-0.05, 0) is 97.3 Å². The molecule has 0 atom stereocenters. The van der Waals surface area contributed by atoms with Crippen LogP contribution in [0.1, 0.15) is 56.9 Å². The molecular formula is C44H39N. The first-order valence-electron chi connectivity index (χ1n) is 16.2. The van der Waals surface area contributed by atoms with Gasteiger partial charge in [0.15, 0.2) is 0 Å². The number of rotatable bonds is 4. The summed E-state index contributed by atoms with van der Waals surface area (Å²) in [7, 11) is 0. The first-order valence-corrected chi connectivity index (χ1v) is 16.2. The van der Waals surface area contributed by atoms with Crippen molar-refractivity contribution >= 4 is 38.5 Å². The topological polar surface area (TPSA) is 3.24 Å². The Labute approximate surface area is 267 Å². The summed E-state index contributed by atoms with van der Waals surface area (Å²) >= 11 is 0. The lowest BCUT2D eigenvalue weighted by atomic mass is 9.82. The van der Waals surface area contributed by atoms with Gasteiger partial charge >= 0.3 is 0 Å². The van der Waals surface area contributed by atoms with E-state index in [-0.39, 0.29) is 10.8 Å². The minimum absolute atomic E-state index is 0.0567. The van der Waals surface area contributed by atoms with E-state index in [0.717, 1.165) is 6.54 Å². The number of anilines is 2. The molecule has 1 nitrogen and oxygen atoms in total. The van der Waals surface area contributed by atoms with Gasteiger partial charge in [0.2, 0.25) is 0 Å². The molecule has 0 spiro atoms. The molecule has 0 bridgehead atoms. The van der Waals surface area contributed by atoms with Gasteiger partial charge in [0, 0.05) is 28.7 Å². The van der Waals surface area contributed by atoms with Crippen molar-refractivity contribution in [3.63, 3.8) is 0 Å². The lowest BCUT2D eigenvalue weighted by molar-refractivity contribution is 0.657. The van der Waals surface area contributed by atoms with Crippen LogP contribution in [0.15, 0.2) is 139 Å². The van der Waals surface area contributed by atoms with Crippen LogP contribution in [0, 0.1) is 0 Å². The van der Waals surface area contributed by atoms with E-state index < -0.39 is 0 Å². The third-order valence-corrected chi connectivity index (χ3v) is 10.5. The normalized spacial score (nSPS) is 17.5. The van der Waals surface area contributed by atoms with Gasteiger partial charge in [-0.3, -0.25) is 0 Å². The van der Waals surface area contributed by atoms with Crippen molar-refractivity contribution < 1.29 is 0 Å². The van der Waals surface area contributed by atoms with Crippen LogP contribution in [0.2, 0.25) is 0 Å². The van der Waals surface area contributed by atoms with E-state index in [4.69, 9.17) is 0 Å². The zero-order chi connectivity index (χ0) is 30.9. The van der Waals surface area contributed by atoms with Crippen molar-refractivity contribution in [1.82, 2.24) is 0 Å². The standard InChI is InChI=1S/C44H39N/c1-6-33-35-15-9-11-17-39(35)43(2,3)41(33)25-26-45(31-22-21-30-20-19-29-13-7-8-14-34(29)38(30)27-31)32-23-24-37-36-16-10-12-18-40(36)44(4,5)42(37)28-32/h6-25,27-28H,26H2,1-5H3/b33-6-,41-25+. The third kappa shape index (κ3) is 4.14. The monoisotopic (exact) mass is 581 g/mol. The largest absolute Gasteiger partial charge is 0.338 e. The average molecular weight is 582 g/mol. The van der Waals surface area contributed by atoms with Crippen molar-refractivity contribution in [3.8, 4) is 11.1 Å². The van der Waals surface area contributed by atoms with Crippen molar-refractivity contribution in [3.05, 3.63) is 161 Å². The molecule has 0 radical (unpaired) electrons. The number of hydrogen-bond acceptors (Lipinski definition) is 1. The highest BCUT2D eigenvalue weighted by Gasteiger charge is 2.38. The lowest BCUT2D eigenvalue weighted by Gasteiger charge is -2.29. The van der Waals surface area contributed by atoms with Gasteiger partial charge in [-0.2, -0.15) is 0 Å². The molecular weight excluding hydrogens is 542 g/mol. The van der Waals surface area contributed by atoms with E-state index in [0.29, 0.717) is 0 Å². The van der Waals surface area contributed by atoms with Crippen LogP contribution in [0.5, 0.6) is 0 Å². The van der Waals surface area contributed by atoms with Crippen molar-refractivity contribution in [1.29, 1.82) is 0 Å². The Hall–Kier alpha value is -4.88. The highest BCUT2D eigenvalue weighted by atomic mass is 15.1. The van der Waals surface area contributed by atoms with E-state index in [2.05, 4.69) is 173 Å². The van der Waals surface area contributed by atoms with Crippen LogP contribution >= 0.6 is 0 Å². The van der Waals surface area contributed by atoms with Crippen LogP contribution in [-0.2, 0) is 10.8 Å². The molecule has 1 heteroatoms. The van der Waals surface area contributed by atoms with E-state index in [1.807, 2.05) is 0 Å². The number of nitrogens with zero attached hydrogens (tertiary/aromatic N) is 1. The van der Waals surface area contributed by atoms with Crippen LogP contribution in [0.3, 0.4) is 0 Å². The Morgan fingerprint density at radius 2 is 1.11 bits per heavy atom. The van der Waals surface area contributed by atoms with E-state index in [9.17, 15) is 0 Å². The second-order valence-electron chi connectivity index (χ2n) is 13.7. The van der Waals surface area contributed by atoms with Crippen molar-refractivity contribution in [2.24, 2.45) is 0 Å². The smallest absolute Gasteiger partial charge is 0.0420 e. The van der Waals surface area contributed by atoms with Gasteiger partial charge in [-0.25, -0.2) is 0 Å². The molecule has 0 aliphatic heterocycles. The molecule has 6 aromatic carbocycles. The molecule has 0 saturated heterocycles. The lowest BCUT2D eigenvalue weighted by Crippen LogP contribution is -2.21. The molecule has 0 unspecified atom stereocenters. The Bertz CT molecular complexity index is 2210. The van der Waals surface area contributed by atoms with Gasteiger partial charge in [0.25, 0.3) is 0 Å².